The molecule has 0 spiro atoms. The highest BCUT2D eigenvalue weighted by molar-refractivity contribution is 5.30. The van der Waals surface area contributed by atoms with Gasteiger partial charge in [-0.05, 0) is 24.5 Å². The molecule has 5 nitrogen and oxygen atoms in total. The Morgan fingerprint density at radius 2 is 2.00 bits per heavy atom. The van der Waals surface area contributed by atoms with Crippen molar-refractivity contribution in [1.82, 2.24) is 10.2 Å². The summed E-state index contributed by atoms with van der Waals surface area (Å²) < 4.78 is 5.38. The lowest BCUT2D eigenvalue weighted by atomic mass is 10.1. The van der Waals surface area contributed by atoms with Crippen LogP contribution in [0.2, 0.25) is 0 Å². The molecule has 1 aromatic heterocycles. The summed E-state index contributed by atoms with van der Waals surface area (Å²) in [5.74, 6) is 0.446. The van der Waals surface area contributed by atoms with Gasteiger partial charge < -0.3 is 15.5 Å². The number of nitrogens with two attached hydrogens (primary N) is 1. The third kappa shape index (κ3) is 2.87. The van der Waals surface area contributed by atoms with Crippen LogP contribution in [-0.4, -0.2) is 10.2 Å². The maximum atomic E-state index is 5.66. The van der Waals surface area contributed by atoms with E-state index in [2.05, 4.69) is 34.6 Å². The zero-order valence-electron chi connectivity index (χ0n) is 10.7. The van der Waals surface area contributed by atoms with Crippen molar-refractivity contribution < 1.29 is 4.42 Å². The molecule has 0 bridgehead atoms. The molecule has 0 fully saturated rings. The molecule has 1 aromatic carbocycles. The number of nitrogens with one attached hydrogen (secondary N) is 1. The first-order valence-corrected chi connectivity index (χ1v) is 6.10. The van der Waals surface area contributed by atoms with Crippen LogP contribution in [0.25, 0.3) is 0 Å². The topological polar surface area (TPSA) is 77.0 Å². The van der Waals surface area contributed by atoms with Gasteiger partial charge in [-0.2, -0.15) is 0 Å². The number of hydrogen-bond donors (Lipinski definition) is 2. The van der Waals surface area contributed by atoms with Gasteiger partial charge in [0.2, 0.25) is 5.89 Å². The molecule has 0 amide bonds. The lowest BCUT2D eigenvalue weighted by Crippen LogP contribution is -2.05. The highest BCUT2D eigenvalue weighted by Crippen LogP contribution is 2.14. The number of benzene rings is 1. The number of aromatic nitrogens is 2. The number of hydrogen-bond acceptors (Lipinski definition) is 5. The molecule has 0 aliphatic rings. The van der Waals surface area contributed by atoms with Gasteiger partial charge in [-0.1, -0.05) is 36.3 Å². The summed E-state index contributed by atoms with van der Waals surface area (Å²) in [6.45, 7) is 4.62. The van der Waals surface area contributed by atoms with E-state index >= 15 is 0 Å². The van der Waals surface area contributed by atoms with E-state index in [9.17, 15) is 0 Å². The number of anilines is 1. The lowest BCUT2D eigenvalue weighted by molar-refractivity contribution is 0.472. The molecule has 1 unspecified atom stereocenters. The SMILES string of the molecule is CCc1ccccc1CNc1nnc(C(C)N)o1. The van der Waals surface area contributed by atoms with Crippen molar-refractivity contribution in [1.29, 1.82) is 0 Å². The van der Waals surface area contributed by atoms with Crippen LogP contribution in [0.5, 0.6) is 0 Å². The Morgan fingerprint density at radius 1 is 1.28 bits per heavy atom. The van der Waals surface area contributed by atoms with Crippen LogP contribution in [0.1, 0.15) is 36.9 Å². The van der Waals surface area contributed by atoms with Gasteiger partial charge in [0.25, 0.3) is 0 Å². The first-order valence-electron chi connectivity index (χ1n) is 6.10. The molecule has 1 atom stereocenters. The molecule has 18 heavy (non-hydrogen) atoms. The maximum absolute atomic E-state index is 5.66. The molecule has 0 saturated carbocycles. The van der Waals surface area contributed by atoms with Crippen LogP contribution in [-0.2, 0) is 13.0 Å². The van der Waals surface area contributed by atoms with Crippen LogP contribution in [0, 0.1) is 0 Å². The van der Waals surface area contributed by atoms with E-state index in [1.165, 1.54) is 11.1 Å². The van der Waals surface area contributed by atoms with Crippen LogP contribution in [0.15, 0.2) is 28.7 Å². The first kappa shape index (κ1) is 12.6. The van der Waals surface area contributed by atoms with Crippen LogP contribution < -0.4 is 11.1 Å². The Labute approximate surface area is 106 Å². The van der Waals surface area contributed by atoms with Gasteiger partial charge in [-0.15, -0.1) is 5.10 Å². The first-order chi connectivity index (χ1) is 8.70. The number of rotatable bonds is 5. The van der Waals surface area contributed by atoms with Gasteiger partial charge in [0, 0.05) is 6.54 Å². The Hall–Kier alpha value is -1.88. The third-order valence-corrected chi connectivity index (χ3v) is 2.76. The highest BCUT2D eigenvalue weighted by atomic mass is 16.4. The van der Waals surface area contributed by atoms with Gasteiger partial charge in [0.15, 0.2) is 0 Å². The molecule has 0 radical (unpaired) electrons. The van der Waals surface area contributed by atoms with E-state index in [0.29, 0.717) is 18.5 Å². The zero-order chi connectivity index (χ0) is 13.0. The molecule has 2 rings (SSSR count). The van der Waals surface area contributed by atoms with Gasteiger partial charge in [0.1, 0.15) is 0 Å². The molecule has 5 heteroatoms. The normalized spacial score (nSPS) is 12.4. The summed E-state index contributed by atoms with van der Waals surface area (Å²) in [5, 5.41) is 10.9. The van der Waals surface area contributed by atoms with E-state index in [1.54, 1.807) is 0 Å². The second-order valence-corrected chi connectivity index (χ2v) is 4.21. The summed E-state index contributed by atoms with van der Waals surface area (Å²) in [5.41, 5.74) is 8.21. The summed E-state index contributed by atoms with van der Waals surface area (Å²) in [7, 11) is 0. The van der Waals surface area contributed by atoms with Gasteiger partial charge >= 0.3 is 6.01 Å². The monoisotopic (exact) mass is 246 g/mol. The standard InChI is InChI=1S/C13H18N4O/c1-3-10-6-4-5-7-11(10)8-15-13-17-16-12(18-13)9(2)14/h4-7,9H,3,8,14H2,1-2H3,(H,15,17). The summed E-state index contributed by atoms with van der Waals surface area (Å²) >= 11 is 0. The zero-order valence-corrected chi connectivity index (χ0v) is 10.7. The molecule has 3 N–H and O–H groups in total. The quantitative estimate of drug-likeness (QED) is 0.846. The predicted molar refractivity (Wildman–Crippen MR) is 70.0 cm³/mol. The molecule has 0 aliphatic carbocycles. The minimum atomic E-state index is -0.240. The van der Waals surface area contributed by atoms with E-state index in [4.69, 9.17) is 10.2 Å². The number of nitrogens with zero attached hydrogens (tertiary/aromatic N) is 2. The minimum absolute atomic E-state index is 0.240. The molecular weight excluding hydrogens is 228 g/mol. The largest absolute Gasteiger partial charge is 0.406 e. The van der Waals surface area contributed by atoms with Gasteiger partial charge in [0.05, 0.1) is 6.04 Å². The summed E-state index contributed by atoms with van der Waals surface area (Å²) in [6.07, 6.45) is 1.01. The van der Waals surface area contributed by atoms with E-state index in [1.807, 2.05) is 19.1 Å². The lowest BCUT2D eigenvalue weighted by Gasteiger charge is -2.07. The maximum Gasteiger partial charge on any atom is 0.315 e. The van der Waals surface area contributed by atoms with Crippen molar-refractivity contribution in [3.63, 3.8) is 0 Å². The van der Waals surface area contributed by atoms with Gasteiger partial charge in [-0.3, -0.25) is 0 Å². The summed E-state index contributed by atoms with van der Waals surface area (Å²) in [6, 6.07) is 8.46. The van der Waals surface area contributed by atoms with Crippen LogP contribution >= 0.6 is 0 Å². The summed E-state index contributed by atoms with van der Waals surface area (Å²) in [4.78, 5) is 0. The molecular formula is C13H18N4O. The second-order valence-electron chi connectivity index (χ2n) is 4.21. The molecule has 2 aromatic rings. The minimum Gasteiger partial charge on any atom is -0.406 e. The Kier molecular flexibility index (Phi) is 3.94. The van der Waals surface area contributed by atoms with Crippen molar-refractivity contribution in [2.45, 2.75) is 32.9 Å². The molecule has 0 saturated heterocycles. The van der Waals surface area contributed by atoms with E-state index in [-0.39, 0.29) is 6.04 Å². The van der Waals surface area contributed by atoms with Crippen molar-refractivity contribution >= 4 is 6.01 Å². The fraction of sp³-hybridized carbons (Fsp3) is 0.385. The number of aryl methyl sites for hydroxylation is 1. The molecule has 1 heterocycles. The van der Waals surface area contributed by atoms with E-state index in [0.717, 1.165) is 6.42 Å². The van der Waals surface area contributed by atoms with Crippen molar-refractivity contribution in [2.24, 2.45) is 5.73 Å². The highest BCUT2D eigenvalue weighted by Gasteiger charge is 2.09. The Balaban J connectivity index is 2.02. The Morgan fingerprint density at radius 3 is 2.61 bits per heavy atom. The molecule has 0 aliphatic heterocycles. The average molecular weight is 246 g/mol. The average Bonchev–Trinajstić information content (AvgIpc) is 2.85. The van der Waals surface area contributed by atoms with Crippen molar-refractivity contribution in [2.75, 3.05) is 5.32 Å². The van der Waals surface area contributed by atoms with Gasteiger partial charge in [-0.25, -0.2) is 0 Å². The predicted octanol–water partition coefficient (Wildman–Crippen LogP) is 2.26. The smallest absolute Gasteiger partial charge is 0.315 e. The fourth-order valence-electron chi connectivity index (χ4n) is 1.74. The Bertz CT molecular complexity index is 507. The van der Waals surface area contributed by atoms with Crippen molar-refractivity contribution in [3.8, 4) is 0 Å². The van der Waals surface area contributed by atoms with Crippen LogP contribution in [0.3, 0.4) is 0 Å². The molecule has 96 valence electrons. The second kappa shape index (κ2) is 5.64. The van der Waals surface area contributed by atoms with Crippen molar-refractivity contribution in [3.05, 3.63) is 41.3 Å². The van der Waals surface area contributed by atoms with Crippen LogP contribution in [0.4, 0.5) is 6.01 Å². The van der Waals surface area contributed by atoms with E-state index < -0.39 is 0 Å². The fourth-order valence-corrected chi connectivity index (χ4v) is 1.74. The third-order valence-electron chi connectivity index (χ3n) is 2.76.